The van der Waals surface area contributed by atoms with Crippen LogP contribution in [-0.2, 0) is 20.9 Å². The largest absolute Gasteiger partial charge is 0.481 e. The minimum Gasteiger partial charge on any atom is -0.481 e. The fourth-order valence-electron chi connectivity index (χ4n) is 2.82. The van der Waals surface area contributed by atoms with Crippen LogP contribution in [0.4, 0.5) is 0 Å². The molecular formula is C15H14ClNO4. The molecule has 110 valence electrons. The highest BCUT2D eigenvalue weighted by Crippen LogP contribution is 2.39. The van der Waals surface area contributed by atoms with E-state index in [2.05, 4.69) is 5.32 Å². The van der Waals surface area contributed by atoms with Crippen molar-refractivity contribution in [1.82, 2.24) is 5.32 Å². The summed E-state index contributed by atoms with van der Waals surface area (Å²) in [4.78, 5) is 23.6. The van der Waals surface area contributed by atoms with E-state index in [4.69, 9.17) is 16.3 Å². The Morgan fingerprint density at radius 3 is 2.38 bits per heavy atom. The average molecular weight is 308 g/mol. The number of benzene rings is 1. The molecule has 0 aromatic heterocycles. The lowest BCUT2D eigenvalue weighted by Gasteiger charge is -2.21. The summed E-state index contributed by atoms with van der Waals surface area (Å²) in [5.41, 5.74) is 0.902. The van der Waals surface area contributed by atoms with Gasteiger partial charge < -0.3 is 15.2 Å². The van der Waals surface area contributed by atoms with E-state index in [1.807, 2.05) is 12.1 Å². The van der Waals surface area contributed by atoms with Gasteiger partial charge in [-0.1, -0.05) is 35.9 Å². The summed E-state index contributed by atoms with van der Waals surface area (Å²) in [5.74, 6) is -2.79. The molecule has 21 heavy (non-hydrogen) atoms. The average Bonchev–Trinajstić information content (AvgIpc) is 3.06. The molecule has 0 radical (unpaired) electrons. The molecule has 6 heteroatoms. The van der Waals surface area contributed by atoms with Crippen LogP contribution in [0.1, 0.15) is 5.56 Å². The number of carboxylic acids is 1. The first kappa shape index (κ1) is 14.1. The van der Waals surface area contributed by atoms with Crippen LogP contribution < -0.4 is 5.32 Å². The van der Waals surface area contributed by atoms with Crippen molar-refractivity contribution >= 4 is 23.5 Å². The third-order valence-corrected chi connectivity index (χ3v) is 4.12. The number of carbonyl (C=O) groups is 2. The van der Waals surface area contributed by atoms with E-state index in [1.165, 1.54) is 0 Å². The number of aliphatic carboxylic acids is 1. The van der Waals surface area contributed by atoms with Gasteiger partial charge in [-0.3, -0.25) is 9.59 Å². The van der Waals surface area contributed by atoms with Crippen LogP contribution in [0.25, 0.3) is 0 Å². The van der Waals surface area contributed by atoms with Gasteiger partial charge in [-0.25, -0.2) is 0 Å². The topological polar surface area (TPSA) is 75.6 Å². The molecule has 5 nitrogen and oxygen atoms in total. The molecule has 2 N–H and O–H groups in total. The lowest BCUT2D eigenvalue weighted by Crippen LogP contribution is -2.42. The number of carbonyl (C=O) groups excluding carboxylic acids is 1. The highest BCUT2D eigenvalue weighted by atomic mass is 35.5. The zero-order valence-corrected chi connectivity index (χ0v) is 11.8. The smallest absolute Gasteiger partial charge is 0.310 e. The number of ether oxygens (including phenoxy) is 1. The Bertz CT molecular complexity index is 598. The van der Waals surface area contributed by atoms with Crippen LogP contribution in [0.15, 0.2) is 36.4 Å². The van der Waals surface area contributed by atoms with Gasteiger partial charge in [-0.2, -0.15) is 0 Å². The Balaban J connectivity index is 1.66. The molecule has 3 rings (SSSR count). The van der Waals surface area contributed by atoms with E-state index < -0.39 is 30.0 Å². The van der Waals surface area contributed by atoms with Crippen molar-refractivity contribution in [3.63, 3.8) is 0 Å². The van der Waals surface area contributed by atoms with Crippen LogP contribution >= 0.6 is 11.6 Å². The standard InChI is InChI=1S/C15H14ClNO4/c16-9-3-1-8(2-4-9)7-17-14(18)12-10-5-6-11(21-10)13(12)15(19)20/h1-6,10-13H,7H2,(H,17,18)(H,19,20)/t10-,11-,12+,13+/m1/s1. The number of hydrogen-bond donors (Lipinski definition) is 2. The van der Waals surface area contributed by atoms with Gasteiger partial charge in [-0.15, -0.1) is 0 Å². The molecule has 2 bridgehead atoms. The minimum absolute atomic E-state index is 0.297. The van der Waals surface area contributed by atoms with Gasteiger partial charge >= 0.3 is 5.97 Å². The van der Waals surface area contributed by atoms with Gasteiger partial charge in [0, 0.05) is 11.6 Å². The summed E-state index contributed by atoms with van der Waals surface area (Å²) in [5, 5.41) is 12.7. The Morgan fingerprint density at radius 1 is 1.14 bits per heavy atom. The Kier molecular flexibility index (Phi) is 3.69. The number of hydrogen-bond acceptors (Lipinski definition) is 3. The number of rotatable bonds is 4. The molecule has 0 saturated carbocycles. The molecular weight excluding hydrogens is 294 g/mol. The van der Waals surface area contributed by atoms with Crippen molar-refractivity contribution in [2.24, 2.45) is 11.8 Å². The number of nitrogens with one attached hydrogen (secondary N) is 1. The molecule has 1 saturated heterocycles. The van der Waals surface area contributed by atoms with Crippen LogP contribution in [0, 0.1) is 11.8 Å². The highest BCUT2D eigenvalue weighted by molar-refractivity contribution is 6.30. The van der Waals surface area contributed by atoms with E-state index in [0.717, 1.165) is 5.56 Å². The lowest BCUT2D eigenvalue weighted by atomic mass is 9.82. The molecule has 0 unspecified atom stereocenters. The van der Waals surface area contributed by atoms with Gasteiger partial charge in [0.1, 0.15) is 5.92 Å². The fourth-order valence-corrected chi connectivity index (χ4v) is 2.95. The van der Waals surface area contributed by atoms with Crippen molar-refractivity contribution in [2.75, 3.05) is 0 Å². The predicted molar refractivity (Wildman–Crippen MR) is 75.7 cm³/mol. The molecule has 1 aromatic carbocycles. The summed E-state index contributed by atoms with van der Waals surface area (Å²) in [7, 11) is 0. The monoisotopic (exact) mass is 307 g/mol. The van der Waals surface area contributed by atoms with Crippen LogP contribution in [-0.4, -0.2) is 29.2 Å². The van der Waals surface area contributed by atoms with E-state index >= 15 is 0 Å². The molecule has 1 amide bonds. The second kappa shape index (κ2) is 5.50. The summed E-state index contributed by atoms with van der Waals surface area (Å²) < 4.78 is 5.48. The van der Waals surface area contributed by atoms with Gasteiger partial charge in [0.25, 0.3) is 0 Å². The van der Waals surface area contributed by atoms with Crippen molar-refractivity contribution in [2.45, 2.75) is 18.8 Å². The second-order valence-corrected chi connectivity index (χ2v) is 5.62. The van der Waals surface area contributed by atoms with Gasteiger partial charge in [-0.05, 0) is 17.7 Å². The molecule has 0 spiro atoms. The maximum Gasteiger partial charge on any atom is 0.310 e. The molecule has 2 aliphatic heterocycles. The summed E-state index contributed by atoms with van der Waals surface area (Å²) in [6.07, 6.45) is 2.53. The van der Waals surface area contributed by atoms with E-state index in [0.29, 0.717) is 11.6 Å². The van der Waals surface area contributed by atoms with Gasteiger partial charge in [0.05, 0.1) is 18.1 Å². The first-order chi connectivity index (χ1) is 10.1. The maximum absolute atomic E-state index is 12.3. The van der Waals surface area contributed by atoms with E-state index in [1.54, 1.807) is 24.3 Å². The summed E-state index contributed by atoms with van der Waals surface area (Å²) in [6.45, 7) is 0.333. The van der Waals surface area contributed by atoms with Crippen LogP contribution in [0.5, 0.6) is 0 Å². The minimum atomic E-state index is -1.00. The zero-order valence-electron chi connectivity index (χ0n) is 11.0. The van der Waals surface area contributed by atoms with E-state index in [-0.39, 0.29) is 5.91 Å². The molecule has 0 aliphatic carbocycles. The van der Waals surface area contributed by atoms with Crippen molar-refractivity contribution < 1.29 is 19.4 Å². The second-order valence-electron chi connectivity index (χ2n) is 5.18. The molecule has 1 aromatic rings. The number of carboxylic acid groups (broad SMARTS) is 1. The first-order valence-corrected chi connectivity index (χ1v) is 7.03. The van der Waals surface area contributed by atoms with Crippen molar-refractivity contribution in [3.8, 4) is 0 Å². The Morgan fingerprint density at radius 2 is 1.76 bits per heavy atom. The maximum atomic E-state index is 12.3. The lowest BCUT2D eigenvalue weighted by molar-refractivity contribution is -0.146. The summed E-state index contributed by atoms with van der Waals surface area (Å²) in [6, 6.07) is 7.11. The third kappa shape index (κ3) is 2.66. The Labute approximate surface area is 126 Å². The highest BCUT2D eigenvalue weighted by Gasteiger charge is 2.53. The van der Waals surface area contributed by atoms with Crippen LogP contribution in [0.2, 0.25) is 5.02 Å². The number of fused-ring (bicyclic) bond motifs is 2. The van der Waals surface area contributed by atoms with Crippen LogP contribution in [0.3, 0.4) is 0 Å². The fraction of sp³-hybridized carbons (Fsp3) is 0.333. The number of halogens is 1. The van der Waals surface area contributed by atoms with Gasteiger partial charge in [0.2, 0.25) is 5.91 Å². The van der Waals surface area contributed by atoms with Crippen molar-refractivity contribution in [1.29, 1.82) is 0 Å². The third-order valence-electron chi connectivity index (χ3n) is 3.87. The molecule has 2 aliphatic rings. The SMILES string of the molecule is O=C(O)[C@@H]1[C@@H](C(=O)NCc2ccc(Cl)cc2)[C@H]2C=C[C@H]1O2. The summed E-state index contributed by atoms with van der Waals surface area (Å²) >= 11 is 5.80. The first-order valence-electron chi connectivity index (χ1n) is 6.65. The molecule has 1 fully saturated rings. The predicted octanol–water partition coefficient (Wildman–Crippen LogP) is 1.61. The number of amides is 1. The molecule has 2 heterocycles. The van der Waals surface area contributed by atoms with E-state index in [9.17, 15) is 14.7 Å². The Hall–Kier alpha value is -1.85. The van der Waals surface area contributed by atoms with Gasteiger partial charge in [0.15, 0.2) is 0 Å². The quantitative estimate of drug-likeness (QED) is 0.829. The van der Waals surface area contributed by atoms with Crippen molar-refractivity contribution in [3.05, 3.63) is 47.0 Å². The normalized spacial score (nSPS) is 29.6. The molecule has 4 atom stereocenters. The zero-order chi connectivity index (χ0) is 15.0.